The van der Waals surface area contributed by atoms with E-state index < -0.39 is 22.5 Å². The second-order valence-corrected chi connectivity index (χ2v) is 9.77. The number of amides is 1. The van der Waals surface area contributed by atoms with Gasteiger partial charge in [-0.3, -0.25) is 13.9 Å². The Morgan fingerprint density at radius 2 is 1.65 bits per heavy atom. The largest absolute Gasteiger partial charge is 0.324 e. The van der Waals surface area contributed by atoms with Crippen molar-refractivity contribution in [1.82, 2.24) is 0 Å². The summed E-state index contributed by atoms with van der Waals surface area (Å²) in [5.74, 6) is -0.662. The number of anilines is 2. The molecule has 0 heterocycles. The van der Waals surface area contributed by atoms with Crippen molar-refractivity contribution in [2.45, 2.75) is 18.7 Å². The van der Waals surface area contributed by atoms with Crippen LogP contribution in [0.5, 0.6) is 0 Å². The Balaban J connectivity index is 1.93. The molecule has 8 heteroatoms. The molecule has 160 valence electrons. The number of hydrogen-bond acceptors (Lipinski definition) is 4. The predicted molar refractivity (Wildman–Crippen MR) is 125 cm³/mol. The third-order valence-electron chi connectivity index (χ3n) is 4.55. The molecule has 3 rings (SSSR count). The molecule has 31 heavy (non-hydrogen) atoms. The molecule has 0 spiro atoms. The molecule has 0 aliphatic carbocycles. The SMILES string of the molecule is CC(=O)c1cccc(NC(=O)CN(c2cccc(Br)c2)S(=O)(=O)c2ccc(C)cc2)c1. The number of rotatable bonds is 7. The maximum atomic E-state index is 13.4. The molecule has 0 unspecified atom stereocenters. The van der Waals surface area contributed by atoms with Crippen molar-refractivity contribution in [3.8, 4) is 0 Å². The maximum Gasteiger partial charge on any atom is 0.264 e. The fraction of sp³-hybridized carbons (Fsp3) is 0.130. The predicted octanol–water partition coefficient (Wildman–Crippen LogP) is 4.79. The molecule has 0 atom stereocenters. The van der Waals surface area contributed by atoms with Crippen LogP contribution in [0, 0.1) is 6.92 Å². The van der Waals surface area contributed by atoms with Crippen LogP contribution in [-0.4, -0.2) is 26.7 Å². The monoisotopic (exact) mass is 500 g/mol. The number of ketones is 1. The van der Waals surface area contributed by atoms with Gasteiger partial charge in [-0.25, -0.2) is 8.42 Å². The number of carbonyl (C=O) groups excluding carboxylic acids is 2. The average molecular weight is 501 g/mol. The van der Waals surface area contributed by atoms with Crippen LogP contribution in [0.3, 0.4) is 0 Å². The molecule has 0 radical (unpaired) electrons. The molecule has 1 N–H and O–H groups in total. The van der Waals surface area contributed by atoms with Crippen molar-refractivity contribution >= 4 is 49.0 Å². The molecule has 0 saturated carbocycles. The zero-order valence-electron chi connectivity index (χ0n) is 17.0. The normalized spacial score (nSPS) is 11.1. The molecule has 0 fully saturated rings. The molecule has 1 amide bonds. The van der Waals surface area contributed by atoms with Crippen LogP contribution in [0.1, 0.15) is 22.8 Å². The summed E-state index contributed by atoms with van der Waals surface area (Å²) in [6.45, 7) is 2.87. The van der Waals surface area contributed by atoms with E-state index in [1.165, 1.54) is 19.1 Å². The number of hydrogen-bond donors (Lipinski definition) is 1. The van der Waals surface area contributed by atoms with Crippen molar-refractivity contribution < 1.29 is 18.0 Å². The van der Waals surface area contributed by atoms with Gasteiger partial charge in [-0.2, -0.15) is 0 Å². The quantitative estimate of drug-likeness (QED) is 0.472. The second kappa shape index (κ2) is 9.45. The lowest BCUT2D eigenvalue weighted by Crippen LogP contribution is -2.38. The van der Waals surface area contributed by atoms with Gasteiger partial charge in [-0.1, -0.05) is 51.8 Å². The molecule has 0 aromatic heterocycles. The van der Waals surface area contributed by atoms with Crippen molar-refractivity contribution in [3.05, 3.63) is 88.4 Å². The number of Topliss-reactive ketones (excluding diaryl/α,β-unsaturated/α-hetero) is 1. The highest BCUT2D eigenvalue weighted by atomic mass is 79.9. The summed E-state index contributed by atoms with van der Waals surface area (Å²) in [7, 11) is -4.00. The van der Waals surface area contributed by atoms with Crippen LogP contribution in [0.2, 0.25) is 0 Å². The lowest BCUT2D eigenvalue weighted by atomic mass is 10.1. The summed E-state index contributed by atoms with van der Waals surface area (Å²) in [5, 5.41) is 2.68. The van der Waals surface area contributed by atoms with Crippen LogP contribution in [0.15, 0.2) is 82.2 Å². The summed E-state index contributed by atoms with van der Waals surface area (Å²) in [4.78, 5) is 24.5. The van der Waals surface area contributed by atoms with Crippen molar-refractivity contribution in [3.63, 3.8) is 0 Å². The minimum atomic E-state index is -4.00. The Kier molecular flexibility index (Phi) is 6.92. The topological polar surface area (TPSA) is 83.6 Å². The third-order valence-corrected chi connectivity index (χ3v) is 6.83. The van der Waals surface area contributed by atoms with E-state index in [4.69, 9.17) is 0 Å². The molecule has 0 aliphatic heterocycles. The fourth-order valence-electron chi connectivity index (χ4n) is 2.93. The van der Waals surface area contributed by atoms with Gasteiger partial charge in [0.1, 0.15) is 6.54 Å². The Hall–Kier alpha value is -2.97. The lowest BCUT2D eigenvalue weighted by molar-refractivity contribution is -0.114. The first-order valence-electron chi connectivity index (χ1n) is 9.42. The van der Waals surface area contributed by atoms with Crippen LogP contribution in [-0.2, 0) is 14.8 Å². The van der Waals surface area contributed by atoms with Gasteiger partial charge in [0.15, 0.2) is 5.78 Å². The Labute approximate surface area is 190 Å². The first kappa shape index (κ1) is 22.7. The van der Waals surface area contributed by atoms with Gasteiger partial charge in [0, 0.05) is 15.7 Å². The third kappa shape index (κ3) is 5.59. The van der Waals surface area contributed by atoms with Crippen LogP contribution in [0.25, 0.3) is 0 Å². The van der Waals surface area contributed by atoms with Gasteiger partial charge in [0.05, 0.1) is 10.6 Å². The van der Waals surface area contributed by atoms with Gasteiger partial charge >= 0.3 is 0 Å². The number of halogens is 1. The molecule has 0 saturated heterocycles. The van der Waals surface area contributed by atoms with E-state index in [1.807, 2.05) is 6.92 Å². The standard InChI is InChI=1S/C23H21BrN2O4S/c1-16-9-11-22(12-10-16)31(29,30)26(21-8-4-6-19(24)14-21)15-23(28)25-20-7-3-5-18(13-20)17(2)27/h3-14H,15H2,1-2H3,(H,25,28). The number of nitrogens with one attached hydrogen (secondary N) is 1. The summed E-state index contributed by atoms with van der Waals surface area (Å²) in [5.41, 5.74) is 2.15. The molecule has 3 aromatic carbocycles. The van der Waals surface area contributed by atoms with E-state index in [1.54, 1.807) is 60.7 Å². The average Bonchev–Trinajstić information content (AvgIpc) is 2.72. The minimum absolute atomic E-state index is 0.0875. The van der Waals surface area contributed by atoms with E-state index in [0.29, 0.717) is 21.4 Å². The zero-order valence-corrected chi connectivity index (χ0v) is 19.4. The van der Waals surface area contributed by atoms with E-state index in [2.05, 4.69) is 21.2 Å². The summed E-state index contributed by atoms with van der Waals surface area (Å²) in [6.07, 6.45) is 0. The number of carbonyl (C=O) groups is 2. The Bertz CT molecular complexity index is 1220. The molecular formula is C23H21BrN2O4S. The van der Waals surface area contributed by atoms with Crippen molar-refractivity contribution in [1.29, 1.82) is 0 Å². The second-order valence-electron chi connectivity index (χ2n) is 6.99. The van der Waals surface area contributed by atoms with Crippen molar-refractivity contribution in [2.75, 3.05) is 16.2 Å². The number of nitrogens with zero attached hydrogens (tertiary/aromatic N) is 1. The van der Waals surface area contributed by atoms with E-state index in [-0.39, 0.29) is 10.7 Å². The maximum absolute atomic E-state index is 13.4. The Morgan fingerprint density at radius 3 is 2.29 bits per heavy atom. The summed E-state index contributed by atoms with van der Waals surface area (Å²) in [6, 6.07) is 19.7. The van der Waals surface area contributed by atoms with Crippen LogP contribution >= 0.6 is 15.9 Å². The summed E-state index contributed by atoms with van der Waals surface area (Å²) < 4.78 is 28.5. The minimum Gasteiger partial charge on any atom is -0.324 e. The first-order valence-corrected chi connectivity index (χ1v) is 11.7. The molecular weight excluding hydrogens is 480 g/mol. The molecule has 0 bridgehead atoms. The first-order chi connectivity index (χ1) is 14.7. The zero-order chi connectivity index (χ0) is 22.6. The summed E-state index contributed by atoms with van der Waals surface area (Å²) >= 11 is 3.35. The Morgan fingerprint density at radius 1 is 0.968 bits per heavy atom. The molecule has 3 aromatic rings. The van der Waals surface area contributed by atoms with E-state index in [9.17, 15) is 18.0 Å². The number of sulfonamides is 1. The highest BCUT2D eigenvalue weighted by Crippen LogP contribution is 2.26. The number of benzene rings is 3. The highest BCUT2D eigenvalue weighted by molar-refractivity contribution is 9.10. The van der Waals surface area contributed by atoms with Crippen LogP contribution < -0.4 is 9.62 Å². The van der Waals surface area contributed by atoms with E-state index >= 15 is 0 Å². The van der Waals surface area contributed by atoms with Gasteiger partial charge in [0.2, 0.25) is 5.91 Å². The van der Waals surface area contributed by atoms with Gasteiger partial charge in [0.25, 0.3) is 10.0 Å². The van der Waals surface area contributed by atoms with Gasteiger partial charge in [-0.15, -0.1) is 0 Å². The molecule has 0 aliphatic rings. The van der Waals surface area contributed by atoms with Crippen LogP contribution in [0.4, 0.5) is 11.4 Å². The smallest absolute Gasteiger partial charge is 0.264 e. The molecule has 6 nitrogen and oxygen atoms in total. The number of aryl methyl sites for hydroxylation is 1. The fourth-order valence-corrected chi connectivity index (χ4v) is 4.73. The van der Waals surface area contributed by atoms with Gasteiger partial charge < -0.3 is 5.32 Å². The van der Waals surface area contributed by atoms with Gasteiger partial charge in [-0.05, 0) is 56.3 Å². The van der Waals surface area contributed by atoms with Crippen molar-refractivity contribution in [2.24, 2.45) is 0 Å². The van der Waals surface area contributed by atoms with E-state index in [0.717, 1.165) is 9.87 Å². The lowest BCUT2D eigenvalue weighted by Gasteiger charge is -2.24. The highest BCUT2D eigenvalue weighted by Gasteiger charge is 2.27.